The molecule has 2 N–H and O–H groups in total. The van der Waals surface area contributed by atoms with Crippen molar-refractivity contribution in [1.82, 2.24) is 4.90 Å². The number of carbonyl (C=O) groups excluding carboxylic acids is 3. The van der Waals surface area contributed by atoms with Gasteiger partial charge in [-0.15, -0.1) is 0 Å². The average Bonchev–Trinajstić information content (AvgIpc) is 3.36. The maximum atomic E-state index is 14.0. The number of carbonyl (C=O) groups is 3. The third kappa shape index (κ3) is 5.88. The first kappa shape index (κ1) is 30.4. The fraction of sp³-hybridized carbons (Fsp3) is 0.156. The molecule has 12 heteroatoms. The van der Waals surface area contributed by atoms with E-state index in [0.29, 0.717) is 10.5 Å². The Bertz CT molecular complexity index is 1680. The normalized spacial score (nSPS) is 12.7. The Hall–Kier alpha value is -5.10. The van der Waals surface area contributed by atoms with E-state index >= 15 is 0 Å². The molecule has 5 rings (SSSR count). The third-order valence-electron chi connectivity index (χ3n) is 7.11. The minimum atomic E-state index is -2.45. The van der Waals surface area contributed by atoms with Crippen molar-refractivity contribution in [3.05, 3.63) is 125 Å². The molecule has 0 aliphatic heterocycles. The number of ether oxygens (including phenoxy) is 2. The molecule has 0 fully saturated rings. The van der Waals surface area contributed by atoms with Crippen LogP contribution >= 0.6 is 0 Å². The summed E-state index contributed by atoms with van der Waals surface area (Å²) in [5.74, 6) is -16.8. The van der Waals surface area contributed by atoms with Crippen LogP contribution in [0.2, 0.25) is 0 Å². The largest absolute Gasteiger partial charge is 0.448 e. The van der Waals surface area contributed by atoms with Crippen LogP contribution in [-0.2, 0) is 20.9 Å². The van der Waals surface area contributed by atoms with Gasteiger partial charge in [0.15, 0.2) is 0 Å². The molecule has 226 valence electrons. The molecule has 0 spiro atoms. The van der Waals surface area contributed by atoms with Crippen molar-refractivity contribution in [2.24, 2.45) is 5.73 Å². The van der Waals surface area contributed by atoms with Crippen LogP contribution in [0.4, 0.5) is 26.7 Å². The molecule has 2 amide bonds. The molecular formula is C32H23F5N2O5. The summed E-state index contributed by atoms with van der Waals surface area (Å²) in [6, 6.07) is 21.6. The monoisotopic (exact) mass is 610 g/mol. The van der Waals surface area contributed by atoms with Gasteiger partial charge in [-0.3, -0.25) is 4.79 Å². The first-order chi connectivity index (χ1) is 21.1. The summed E-state index contributed by atoms with van der Waals surface area (Å²) in [6.45, 7) is -0.407. The minimum Gasteiger partial charge on any atom is -0.448 e. The number of halogens is 5. The van der Waals surface area contributed by atoms with Crippen molar-refractivity contribution in [3.63, 3.8) is 0 Å². The van der Waals surface area contributed by atoms with Crippen LogP contribution in [0.5, 0.6) is 5.75 Å². The molecule has 4 aromatic rings. The first-order valence-corrected chi connectivity index (χ1v) is 13.3. The molecule has 1 aliphatic carbocycles. The number of rotatable bonds is 8. The van der Waals surface area contributed by atoms with E-state index in [0.717, 1.165) is 22.3 Å². The highest BCUT2D eigenvalue weighted by molar-refractivity contribution is 5.95. The van der Waals surface area contributed by atoms with Gasteiger partial charge in [-0.1, -0.05) is 78.9 Å². The summed E-state index contributed by atoms with van der Waals surface area (Å²) >= 11 is 0. The SMILES string of the molecule is N[C@@H](CC(=O)N(Cc1ccccc1)C(=O)OCC1c2ccccc2-c2ccccc21)C(=O)Oc1c(F)c(F)c(F)c(F)c1F. The molecule has 0 aromatic heterocycles. The number of hydrogen-bond donors (Lipinski definition) is 1. The molecule has 1 atom stereocenters. The van der Waals surface area contributed by atoms with Crippen molar-refractivity contribution in [2.75, 3.05) is 6.61 Å². The van der Waals surface area contributed by atoms with Crippen LogP contribution in [0, 0.1) is 29.1 Å². The molecule has 1 aliphatic rings. The molecule has 7 nitrogen and oxygen atoms in total. The summed E-state index contributed by atoms with van der Waals surface area (Å²) in [6.07, 6.45) is -1.98. The predicted octanol–water partition coefficient (Wildman–Crippen LogP) is 5.98. The van der Waals surface area contributed by atoms with Crippen LogP contribution in [0.15, 0.2) is 78.9 Å². The molecule has 0 saturated carbocycles. The lowest BCUT2D eigenvalue weighted by Crippen LogP contribution is -2.43. The van der Waals surface area contributed by atoms with E-state index in [1.165, 1.54) is 0 Å². The van der Waals surface area contributed by atoms with Gasteiger partial charge in [0.1, 0.15) is 12.6 Å². The average molecular weight is 611 g/mol. The fourth-order valence-corrected chi connectivity index (χ4v) is 4.92. The van der Waals surface area contributed by atoms with Gasteiger partial charge >= 0.3 is 12.1 Å². The summed E-state index contributed by atoms with van der Waals surface area (Å²) in [5, 5.41) is 0. The topological polar surface area (TPSA) is 98.9 Å². The smallest absolute Gasteiger partial charge is 0.416 e. The second kappa shape index (κ2) is 12.6. The molecule has 0 bridgehead atoms. The summed E-state index contributed by atoms with van der Waals surface area (Å²) in [4.78, 5) is 39.7. The van der Waals surface area contributed by atoms with Gasteiger partial charge < -0.3 is 15.2 Å². The fourth-order valence-electron chi connectivity index (χ4n) is 4.92. The van der Waals surface area contributed by atoms with Gasteiger partial charge in [0.05, 0.1) is 13.0 Å². The van der Waals surface area contributed by atoms with E-state index in [1.807, 2.05) is 48.5 Å². The predicted molar refractivity (Wildman–Crippen MR) is 147 cm³/mol. The zero-order valence-electron chi connectivity index (χ0n) is 22.7. The quantitative estimate of drug-likeness (QED) is 0.0867. The second-order valence-electron chi connectivity index (χ2n) is 9.90. The van der Waals surface area contributed by atoms with E-state index < -0.39 is 65.3 Å². The summed E-state index contributed by atoms with van der Waals surface area (Å²) < 4.78 is 78.3. The molecular weight excluding hydrogens is 587 g/mol. The van der Waals surface area contributed by atoms with Crippen LogP contribution in [0.25, 0.3) is 11.1 Å². The zero-order chi connectivity index (χ0) is 31.5. The Morgan fingerprint density at radius 2 is 1.23 bits per heavy atom. The van der Waals surface area contributed by atoms with E-state index in [2.05, 4.69) is 4.74 Å². The number of benzene rings is 4. The lowest BCUT2D eigenvalue weighted by molar-refractivity contribution is -0.140. The maximum absolute atomic E-state index is 14.0. The number of nitrogens with two attached hydrogens (primary N) is 1. The van der Waals surface area contributed by atoms with Crippen molar-refractivity contribution in [3.8, 4) is 16.9 Å². The highest BCUT2D eigenvalue weighted by Crippen LogP contribution is 2.44. The zero-order valence-corrected chi connectivity index (χ0v) is 22.7. The van der Waals surface area contributed by atoms with Crippen molar-refractivity contribution in [1.29, 1.82) is 0 Å². The lowest BCUT2D eigenvalue weighted by atomic mass is 9.98. The van der Waals surface area contributed by atoms with Gasteiger partial charge in [-0.2, -0.15) is 8.78 Å². The lowest BCUT2D eigenvalue weighted by Gasteiger charge is -2.23. The highest BCUT2D eigenvalue weighted by atomic mass is 19.2. The van der Waals surface area contributed by atoms with Gasteiger partial charge in [0, 0.05) is 5.92 Å². The Labute approximate surface area is 247 Å². The second-order valence-corrected chi connectivity index (χ2v) is 9.90. The Kier molecular flexibility index (Phi) is 8.72. The van der Waals surface area contributed by atoms with Gasteiger partial charge in [-0.25, -0.2) is 27.7 Å². The van der Waals surface area contributed by atoms with Crippen molar-refractivity contribution < 1.29 is 45.8 Å². The molecule has 4 aromatic carbocycles. The molecule has 44 heavy (non-hydrogen) atoms. The van der Waals surface area contributed by atoms with Gasteiger partial charge in [-0.05, 0) is 27.8 Å². The Morgan fingerprint density at radius 1 is 0.727 bits per heavy atom. The number of nitrogens with zero attached hydrogens (tertiary/aromatic N) is 1. The number of imide groups is 1. The summed E-state index contributed by atoms with van der Waals surface area (Å²) in [7, 11) is 0. The van der Waals surface area contributed by atoms with Crippen LogP contribution in [0.1, 0.15) is 29.0 Å². The molecule has 0 heterocycles. The minimum absolute atomic E-state index is 0.125. The van der Waals surface area contributed by atoms with E-state index in [4.69, 9.17) is 10.5 Å². The maximum Gasteiger partial charge on any atom is 0.416 e. The Balaban J connectivity index is 1.32. The van der Waals surface area contributed by atoms with Crippen molar-refractivity contribution >= 4 is 18.0 Å². The van der Waals surface area contributed by atoms with E-state index in [-0.39, 0.29) is 19.1 Å². The Morgan fingerprint density at radius 3 is 1.80 bits per heavy atom. The standard InChI is InChI=1S/C32H23F5N2O5/c33-25-26(34)28(36)30(29(37)27(25)35)44-31(41)23(38)14-24(40)39(15-17-8-2-1-3-9-17)32(42)43-16-22-20-12-6-4-10-18(20)19-11-5-7-13-21(19)22/h1-13,22-23H,14-16,38H2/t23-/m0/s1. The van der Waals surface area contributed by atoms with E-state index in [9.17, 15) is 36.3 Å². The number of amides is 2. The first-order valence-electron chi connectivity index (χ1n) is 13.3. The van der Waals surface area contributed by atoms with Gasteiger partial charge in [0.25, 0.3) is 0 Å². The molecule has 0 radical (unpaired) electrons. The molecule has 0 unspecified atom stereocenters. The van der Waals surface area contributed by atoms with Crippen LogP contribution < -0.4 is 10.5 Å². The highest BCUT2D eigenvalue weighted by Gasteiger charge is 2.34. The van der Waals surface area contributed by atoms with E-state index in [1.54, 1.807) is 30.3 Å². The number of hydrogen-bond acceptors (Lipinski definition) is 6. The van der Waals surface area contributed by atoms with Crippen LogP contribution in [-0.4, -0.2) is 35.5 Å². The number of esters is 1. The summed E-state index contributed by atoms with van der Waals surface area (Å²) in [5.41, 5.74) is 10.1. The molecule has 0 saturated heterocycles. The van der Waals surface area contributed by atoms with Crippen molar-refractivity contribution in [2.45, 2.75) is 24.9 Å². The third-order valence-corrected chi connectivity index (χ3v) is 7.11. The van der Waals surface area contributed by atoms with Crippen LogP contribution in [0.3, 0.4) is 0 Å². The number of fused-ring (bicyclic) bond motifs is 3. The van der Waals surface area contributed by atoms with Gasteiger partial charge in [0.2, 0.25) is 40.7 Å².